The lowest BCUT2D eigenvalue weighted by molar-refractivity contribution is -0.0110. The lowest BCUT2D eigenvalue weighted by Crippen LogP contribution is -2.51. The fourth-order valence-corrected chi connectivity index (χ4v) is 2.54. The summed E-state index contributed by atoms with van der Waals surface area (Å²) in [4.78, 5) is 0. The average Bonchev–Trinajstić information content (AvgIpc) is 2.30. The van der Waals surface area contributed by atoms with Crippen molar-refractivity contribution in [1.82, 2.24) is 5.43 Å². The summed E-state index contributed by atoms with van der Waals surface area (Å²) in [5.74, 6) is 5.28. The van der Waals surface area contributed by atoms with Gasteiger partial charge in [0.15, 0.2) is 0 Å². The Balaban J connectivity index is 2.92. The number of nitrogens with one attached hydrogen (secondary N) is 1. The predicted molar refractivity (Wildman–Crippen MR) is 76.5 cm³/mol. The van der Waals surface area contributed by atoms with Crippen molar-refractivity contribution in [2.24, 2.45) is 11.3 Å². The number of hydrazine groups is 1. The quantitative estimate of drug-likeness (QED) is 0.647. The Bertz CT molecular complexity index is 420. The molecule has 0 heterocycles. The second-order valence-electron chi connectivity index (χ2n) is 5.74. The van der Waals surface area contributed by atoms with E-state index in [-0.39, 0.29) is 23.4 Å². The van der Waals surface area contributed by atoms with Gasteiger partial charge in [0, 0.05) is 12.1 Å². The van der Waals surface area contributed by atoms with E-state index in [2.05, 4.69) is 26.2 Å². The second kappa shape index (κ2) is 6.66. The van der Waals surface area contributed by atoms with E-state index in [1.807, 2.05) is 0 Å². The number of nitrogens with two attached hydrogens (primary N) is 1. The summed E-state index contributed by atoms with van der Waals surface area (Å²) in [5.41, 5.74) is 3.55. The van der Waals surface area contributed by atoms with Gasteiger partial charge in [0.2, 0.25) is 0 Å². The lowest BCUT2D eigenvalue weighted by Gasteiger charge is -2.35. The van der Waals surface area contributed by atoms with Crippen molar-refractivity contribution < 1.29 is 9.13 Å². The minimum atomic E-state index is -0.342. The average molecular weight is 289 g/mol. The Morgan fingerprint density at radius 1 is 1.42 bits per heavy atom. The largest absolute Gasteiger partial charge is 0.379 e. The first-order valence-corrected chi connectivity index (χ1v) is 6.60. The number of hydrogen-bond acceptors (Lipinski definition) is 3. The van der Waals surface area contributed by atoms with Crippen molar-refractivity contribution in [3.05, 3.63) is 34.6 Å². The fourth-order valence-electron chi connectivity index (χ4n) is 2.30. The minimum Gasteiger partial charge on any atom is -0.379 e. The molecule has 1 rings (SSSR count). The third-order valence-corrected chi connectivity index (χ3v) is 3.49. The summed E-state index contributed by atoms with van der Waals surface area (Å²) < 4.78 is 18.6. The van der Waals surface area contributed by atoms with E-state index in [1.165, 1.54) is 12.1 Å². The van der Waals surface area contributed by atoms with Crippen LogP contribution in [0.25, 0.3) is 0 Å². The standard InChI is InChI=1S/C14H22ClFN2O/c1-14(2,3)13(19-4)12(18-17)7-9-5-6-10(16)8-11(9)15/h5-6,8,12-13,18H,7,17H2,1-4H3. The Morgan fingerprint density at radius 2 is 2.05 bits per heavy atom. The van der Waals surface area contributed by atoms with Crippen molar-refractivity contribution in [3.8, 4) is 0 Å². The maximum atomic E-state index is 13.0. The molecule has 0 aromatic heterocycles. The van der Waals surface area contributed by atoms with E-state index in [0.717, 1.165) is 5.56 Å². The van der Waals surface area contributed by atoms with Gasteiger partial charge < -0.3 is 4.74 Å². The van der Waals surface area contributed by atoms with Crippen LogP contribution < -0.4 is 11.3 Å². The molecule has 0 saturated heterocycles. The number of hydrogen-bond donors (Lipinski definition) is 2. The number of ether oxygens (including phenoxy) is 1. The van der Waals surface area contributed by atoms with Crippen LogP contribution in [-0.4, -0.2) is 19.3 Å². The molecule has 0 bridgehead atoms. The van der Waals surface area contributed by atoms with Gasteiger partial charge >= 0.3 is 0 Å². The molecule has 0 aliphatic rings. The molecule has 0 fully saturated rings. The molecule has 2 atom stereocenters. The molecule has 108 valence electrons. The van der Waals surface area contributed by atoms with Crippen molar-refractivity contribution in [1.29, 1.82) is 0 Å². The number of rotatable bonds is 5. The first kappa shape index (κ1) is 16.4. The summed E-state index contributed by atoms with van der Waals surface area (Å²) in [6, 6.07) is 4.28. The van der Waals surface area contributed by atoms with Crippen LogP contribution in [0, 0.1) is 11.2 Å². The summed E-state index contributed by atoms with van der Waals surface area (Å²) in [6.07, 6.45) is 0.490. The molecule has 1 aromatic rings. The van der Waals surface area contributed by atoms with Gasteiger partial charge in [-0.1, -0.05) is 38.4 Å². The molecule has 0 amide bonds. The Kier molecular flexibility index (Phi) is 5.74. The van der Waals surface area contributed by atoms with Crippen LogP contribution in [0.5, 0.6) is 0 Å². The van der Waals surface area contributed by atoms with Gasteiger partial charge in [0.25, 0.3) is 0 Å². The molecule has 0 spiro atoms. The smallest absolute Gasteiger partial charge is 0.124 e. The third-order valence-electron chi connectivity index (χ3n) is 3.14. The number of halogens is 2. The molecule has 1 aromatic carbocycles. The molecule has 0 radical (unpaired) electrons. The maximum absolute atomic E-state index is 13.0. The van der Waals surface area contributed by atoms with Gasteiger partial charge in [-0.25, -0.2) is 4.39 Å². The predicted octanol–water partition coefficient (Wildman–Crippen LogP) is 2.91. The summed E-state index contributed by atoms with van der Waals surface area (Å²) in [7, 11) is 1.66. The zero-order valence-corrected chi connectivity index (χ0v) is 12.6. The highest BCUT2D eigenvalue weighted by Gasteiger charge is 2.32. The monoisotopic (exact) mass is 288 g/mol. The molecule has 0 aliphatic carbocycles. The molecule has 0 aliphatic heterocycles. The van der Waals surface area contributed by atoms with Gasteiger partial charge in [0.1, 0.15) is 5.82 Å². The van der Waals surface area contributed by atoms with Gasteiger partial charge in [-0.05, 0) is 29.5 Å². The minimum absolute atomic E-state index is 0.0711. The van der Waals surface area contributed by atoms with Crippen LogP contribution in [0.3, 0.4) is 0 Å². The Morgan fingerprint density at radius 3 is 2.47 bits per heavy atom. The molecule has 3 nitrogen and oxygen atoms in total. The van der Waals surface area contributed by atoms with Gasteiger partial charge in [-0.2, -0.15) is 0 Å². The van der Waals surface area contributed by atoms with E-state index < -0.39 is 0 Å². The number of benzene rings is 1. The van der Waals surface area contributed by atoms with E-state index in [4.69, 9.17) is 22.2 Å². The molecule has 2 unspecified atom stereocenters. The van der Waals surface area contributed by atoms with E-state index in [9.17, 15) is 4.39 Å². The van der Waals surface area contributed by atoms with Gasteiger partial charge in [0.05, 0.1) is 12.1 Å². The summed E-state index contributed by atoms with van der Waals surface area (Å²) in [5, 5.41) is 0.406. The number of methoxy groups -OCH3 is 1. The Labute approximate surface area is 119 Å². The summed E-state index contributed by atoms with van der Waals surface area (Å²) >= 11 is 6.04. The highest BCUT2D eigenvalue weighted by atomic mass is 35.5. The van der Waals surface area contributed by atoms with Crippen LogP contribution in [0.1, 0.15) is 26.3 Å². The van der Waals surface area contributed by atoms with Crippen LogP contribution in [-0.2, 0) is 11.2 Å². The molecular formula is C14H22ClFN2O. The topological polar surface area (TPSA) is 47.3 Å². The van der Waals surface area contributed by atoms with Gasteiger partial charge in [-0.3, -0.25) is 11.3 Å². The first-order chi connectivity index (χ1) is 8.79. The zero-order chi connectivity index (χ0) is 14.6. The highest BCUT2D eigenvalue weighted by molar-refractivity contribution is 6.31. The zero-order valence-electron chi connectivity index (χ0n) is 11.8. The highest BCUT2D eigenvalue weighted by Crippen LogP contribution is 2.27. The second-order valence-corrected chi connectivity index (χ2v) is 6.14. The van der Waals surface area contributed by atoms with Crippen LogP contribution in [0.15, 0.2) is 18.2 Å². The molecular weight excluding hydrogens is 267 g/mol. The molecule has 19 heavy (non-hydrogen) atoms. The van der Waals surface area contributed by atoms with Crippen molar-refractivity contribution in [2.75, 3.05) is 7.11 Å². The van der Waals surface area contributed by atoms with E-state index in [0.29, 0.717) is 11.4 Å². The van der Waals surface area contributed by atoms with Crippen molar-refractivity contribution >= 4 is 11.6 Å². The Hall–Kier alpha value is -0.680. The maximum Gasteiger partial charge on any atom is 0.124 e. The first-order valence-electron chi connectivity index (χ1n) is 6.22. The fraction of sp³-hybridized carbons (Fsp3) is 0.571. The van der Waals surface area contributed by atoms with Crippen molar-refractivity contribution in [2.45, 2.75) is 39.3 Å². The van der Waals surface area contributed by atoms with E-state index in [1.54, 1.807) is 13.2 Å². The lowest BCUT2D eigenvalue weighted by atomic mass is 9.82. The van der Waals surface area contributed by atoms with Crippen LogP contribution in [0.2, 0.25) is 5.02 Å². The molecule has 3 N–H and O–H groups in total. The van der Waals surface area contributed by atoms with Crippen molar-refractivity contribution in [3.63, 3.8) is 0 Å². The van der Waals surface area contributed by atoms with Crippen LogP contribution >= 0.6 is 11.6 Å². The molecule has 0 saturated carbocycles. The summed E-state index contributed by atoms with van der Waals surface area (Å²) in [6.45, 7) is 6.24. The third kappa shape index (κ3) is 4.42. The van der Waals surface area contributed by atoms with Crippen LogP contribution in [0.4, 0.5) is 4.39 Å². The SMILES string of the molecule is COC(C(Cc1ccc(F)cc1Cl)NN)C(C)(C)C. The van der Waals surface area contributed by atoms with Gasteiger partial charge in [-0.15, -0.1) is 0 Å². The normalized spacial score (nSPS) is 15.3. The van der Waals surface area contributed by atoms with E-state index >= 15 is 0 Å². The molecule has 5 heteroatoms.